The Morgan fingerprint density at radius 3 is 2.62 bits per heavy atom. The quantitative estimate of drug-likeness (QED) is 0.453. The molecule has 0 saturated heterocycles. The average Bonchev–Trinajstić information content (AvgIpc) is 2.61. The van der Waals surface area contributed by atoms with Crippen molar-refractivity contribution < 1.29 is 5.03 Å². The number of pyridine rings is 1. The molecule has 1 aromatic carbocycles. The van der Waals surface area contributed by atoms with Gasteiger partial charge in [0.2, 0.25) is 5.56 Å². The fourth-order valence-electron chi connectivity index (χ4n) is 2.73. The number of benzene rings is 1. The minimum absolute atomic E-state index is 0.256. The smallest absolute Gasteiger partial charge is 0.265 e. The van der Waals surface area contributed by atoms with Gasteiger partial charge in [-0.3, -0.25) is 14.6 Å². The number of hydrazine groups is 1. The van der Waals surface area contributed by atoms with Crippen LogP contribution in [0.3, 0.4) is 0 Å². The fourth-order valence-corrected chi connectivity index (χ4v) is 2.73. The van der Waals surface area contributed by atoms with Gasteiger partial charge in [-0.15, -0.1) is 0 Å². The summed E-state index contributed by atoms with van der Waals surface area (Å²) in [5.74, 6) is -0.686. The van der Waals surface area contributed by atoms with E-state index in [2.05, 4.69) is 15.0 Å². The summed E-state index contributed by atoms with van der Waals surface area (Å²) >= 11 is 0. The van der Waals surface area contributed by atoms with E-state index in [0.29, 0.717) is 17.5 Å². The Kier molecular flexibility index (Phi) is 4.88. The topological polar surface area (TPSA) is 134 Å². The van der Waals surface area contributed by atoms with E-state index in [1.165, 1.54) is 18.5 Å². The predicted octanol–water partition coefficient (Wildman–Crippen LogP) is 1.44. The zero-order valence-electron chi connectivity index (χ0n) is 13.5. The van der Waals surface area contributed by atoms with E-state index in [-0.39, 0.29) is 11.5 Å². The minimum Gasteiger partial charge on any atom is -0.329 e. The van der Waals surface area contributed by atoms with Crippen LogP contribution in [0.2, 0.25) is 0 Å². The van der Waals surface area contributed by atoms with E-state index in [9.17, 15) is 19.7 Å². The minimum atomic E-state index is -0.809. The molecule has 0 bridgehead atoms. The summed E-state index contributed by atoms with van der Waals surface area (Å²) in [5.41, 5.74) is 2.96. The summed E-state index contributed by atoms with van der Waals surface area (Å²) in [6.07, 6.45) is 3.27. The second kappa shape index (κ2) is 7.43. The molecule has 0 aliphatic rings. The van der Waals surface area contributed by atoms with Crippen molar-refractivity contribution in [2.24, 2.45) is 0 Å². The Bertz CT molecular complexity index is 1030. The van der Waals surface area contributed by atoms with Crippen molar-refractivity contribution in [2.45, 2.75) is 12.3 Å². The number of nitrogens with zero attached hydrogens (tertiary/aromatic N) is 2. The fraction of sp³-hybridized carbons (Fsp3) is 0.118. The lowest BCUT2D eigenvalue weighted by atomic mass is 9.88. The van der Waals surface area contributed by atoms with Crippen LogP contribution in [0.5, 0.6) is 0 Å². The van der Waals surface area contributed by atoms with Gasteiger partial charge >= 0.3 is 0 Å². The number of aromatic amines is 2. The number of nitrogens with one attached hydrogen (secondary N) is 3. The average molecular weight is 353 g/mol. The van der Waals surface area contributed by atoms with Gasteiger partial charge in [-0.05, 0) is 23.6 Å². The Hall–Kier alpha value is -3.75. The van der Waals surface area contributed by atoms with Crippen LogP contribution in [0, 0.1) is 10.1 Å². The van der Waals surface area contributed by atoms with Crippen LogP contribution in [-0.2, 0) is 6.42 Å². The number of H-pyrrole nitrogens is 2. The molecule has 9 nitrogen and oxygen atoms in total. The number of aromatic nitrogens is 3. The number of nitro groups is 1. The molecule has 0 saturated carbocycles. The van der Waals surface area contributed by atoms with Crippen molar-refractivity contribution in [3.63, 3.8) is 0 Å². The van der Waals surface area contributed by atoms with Crippen LogP contribution < -0.4 is 16.5 Å². The Labute approximate surface area is 146 Å². The maximum atomic E-state index is 12.5. The van der Waals surface area contributed by atoms with Gasteiger partial charge in [0.1, 0.15) is 0 Å². The standard InChI is InChI=1S/C17H15N5O4/c23-15-9-12(6-7-18-15)13(8-11-4-2-1-3-5-11)14-10-19-17(20-16(14)24)21-22(25)26/h1-7,9-10,13H,8H2,(H,18,23)(H2,19,20,21,24). The van der Waals surface area contributed by atoms with E-state index in [1.54, 1.807) is 6.07 Å². The van der Waals surface area contributed by atoms with Gasteiger partial charge < -0.3 is 4.98 Å². The maximum absolute atomic E-state index is 12.5. The van der Waals surface area contributed by atoms with Gasteiger partial charge in [0.05, 0.1) is 0 Å². The second-order valence-corrected chi connectivity index (χ2v) is 5.61. The molecule has 0 spiro atoms. The molecule has 1 atom stereocenters. The van der Waals surface area contributed by atoms with Crippen molar-refractivity contribution in [1.29, 1.82) is 0 Å². The van der Waals surface area contributed by atoms with E-state index < -0.39 is 16.5 Å². The molecular weight excluding hydrogens is 338 g/mol. The Morgan fingerprint density at radius 2 is 1.96 bits per heavy atom. The first kappa shape index (κ1) is 17.1. The SMILES string of the molecule is O=c1cc(C(Cc2ccccc2)c2cnc(N[N+](=O)[O-])[nH]c2=O)cc[nH]1. The monoisotopic (exact) mass is 353 g/mol. The van der Waals surface area contributed by atoms with Gasteiger partial charge in [-0.2, -0.15) is 0 Å². The lowest BCUT2D eigenvalue weighted by Crippen LogP contribution is -2.23. The number of rotatable bonds is 6. The molecule has 9 heteroatoms. The zero-order chi connectivity index (χ0) is 18.5. The van der Waals surface area contributed by atoms with E-state index in [0.717, 1.165) is 5.56 Å². The lowest BCUT2D eigenvalue weighted by molar-refractivity contribution is -0.446. The zero-order valence-corrected chi connectivity index (χ0v) is 13.5. The second-order valence-electron chi connectivity index (χ2n) is 5.61. The van der Waals surface area contributed by atoms with Gasteiger partial charge in [-0.25, -0.2) is 15.1 Å². The molecule has 2 heterocycles. The molecule has 0 fully saturated rings. The summed E-state index contributed by atoms with van der Waals surface area (Å²) in [7, 11) is 0. The summed E-state index contributed by atoms with van der Waals surface area (Å²) in [6.45, 7) is 0. The third-order valence-corrected chi connectivity index (χ3v) is 3.88. The summed E-state index contributed by atoms with van der Waals surface area (Å²) in [6, 6.07) is 12.6. The number of anilines is 1. The Balaban J connectivity index is 2.04. The van der Waals surface area contributed by atoms with Crippen LogP contribution in [0.4, 0.5) is 5.95 Å². The van der Waals surface area contributed by atoms with Crippen molar-refractivity contribution >= 4 is 5.95 Å². The molecule has 3 rings (SSSR count). The van der Waals surface area contributed by atoms with E-state index in [1.807, 2.05) is 35.8 Å². The summed E-state index contributed by atoms with van der Waals surface area (Å²) in [4.78, 5) is 43.5. The van der Waals surface area contributed by atoms with Crippen LogP contribution in [0.25, 0.3) is 0 Å². The van der Waals surface area contributed by atoms with Crippen molar-refractivity contribution in [3.05, 3.63) is 102 Å². The molecule has 26 heavy (non-hydrogen) atoms. The number of hydrogen-bond acceptors (Lipinski definition) is 5. The first-order valence-corrected chi connectivity index (χ1v) is 7.76. The van der Waals surface area contributed by atoms with Gasteiger partial charge in [0.25, 0.3) is 11.5 Å². The highest BCUT2D eigenvalue weighted by Crippen LogP contribution is 2.25. The summed E-state index contributed by atoms with van der Waals surface area (Å²) < 4.78 is 0. The predicted molar refractivity (Wildman–Crippen MR) is 94.5 cm³/mol. The molecular formula is C17H15N5O4. The maximum Gasteiger partial charge on any atom is 0.265 e. The first-order chi connectivity index (χ1) is 12.5. The summed E-state index contributed by atoms with van der Waals surface area (Å²) in [5, 5.41) is 9.68. The van der Waals surface area contributed by atoms with Gasteiger partial charge in [-0.1, -0.05) is 35.8 Å². The van der Waals surface area contributed by atoms with Crippen LogP contribution in [0.1, 0.15) is 22.6 Å². The van der Waals surface area contributed by atoms with Gasteiger partial charge in [0, 0.05) is 29.9 Å². The molecule has 1 unspecified atom stereocenters. The molecule has 2 aromatic heterocycles. The molecule has 3 N–H and O–H groups in total. The lowest BCUT2D eigenvalue weighted by Gasteiger charge is -2.17. The van der Waals surface area contributed by atoms with E-state index >= 15 is 0 Å². The highest BCUT2D eigenvalue weighted by Gasteiger charge is 2.20. The highest BCUT2D eigenvalue weighted by atomic mass is 16.7. The van der Waals surface area contributed by atoms with Crippen LogP contribution in [0.15, 0.2) is 64.4 Å². The molecule has 0 aliphatic heterocycles. The first-order valence-electron chi connectivity index (χ1n) is 7.76. The van der Waals surface area contributed by atoms with Gasteiger partial charge in [0.15, 0.2) is 5.03 Å². The molecule has 3 aromatic rings. The number of hydrogen-bond donors (Lipinski definition) is 3. The molecule has 132 valence electrons. The highest BCUT2D eigenvalue weighted by molar-refractivity contribution is 5.33. The van der Waals surface area contributed by atoms with Crippen LogP contribution in [-0.4, -0.2) is 20.0 Å². The van der Waals surface area contributed by atoms with Crippen LogP contribution >= 0.6 is 0 Å². The van der Waals surface area contributed by atoms with Crippen molar-refractivity contribution in [3.8, 4) is 0 Å². The molecule has 0 amide bonds. The Morgan fingerprint density at radius 1 is 1.19 bits per heavy atom. The van der Waals surface area contributed by atoms with Crippen molar-refractivity contribution in [2.75, 3.05) is 5.43 Å². The largest absolute Gasteiger partial charge is 0.329 e. The third-order valence-electron chi connectivity index (χ3n) is 3.88. The van der Waals surface area contributed by atoms with Crippen molar-refractivity contribution in [1.82, 2.24) is 15.0 Å². The molecule has 0 radical (unpaired) electrons. The molecule has 0 aliphatic carbocycles. The third kappa shape index (κ3) is 4.01. The normalized spacial score (nSPS) is 11.7. The van der Waals surface area contributed by atoms with E-state index in [4.69, 9.17) is 0 Å².